The monoisotopic (exact) mass is 532 g/mol. The van der Waals surface area contributed by atoms with Crippen molar-refractivity contribution in [2.45, 2.75) is 33.0 Å². The molecule has 194 valence electrons. The first kappa shape index (κ1) is 26.7. The number of hydrogen-bond acceptors (Lipinski definition) is 6. The van der Waals surface area contributed by atoms with Crippen LogP contribution in [0.3, 0.4) is 0 Å². The number of ether oxygens (including phenoxy) is 2. The number of amides is 1. The highest BCUT2D eigenvalue weighted by molar-refractivity contribution is 6.32. The van der Waals surface area contributed by atoms with E-state index in [0.29, 0.717) is 27.8 Å². The summed E-state index contributed by atoms with van der Waals surface area (Å²) in [6.45, 7) is 5.73. The third kappa shape index (κ3) is 7.58. The number of benzene rings is 3. The lowest BCUT2D eigenvalue weighted by Gasteiger charge is -2.19. The van der Waals surface area contributed by atoms with Gasteiger partial charge in [-0.2, -0.15) is 0 Å². The summed E-state index contributed by atoms with van der Waals surface area (Å²) in [5.74, 6) is 6.68. The molecule has 4 rings (SSSR count). The largest absolute Gasteiger partial charge is 0.487 e. The molecule has 7 nitrogen and oxygen atoms in total. The van der Waals surface area contributed by atoms with E-state index in [-0.39, 0.29) is 19.0 Å². The van der Waals surface area contributed by atoms with E-state index >= 15 is 0 Å². The highest BCUT2D eigenvalue weighted by Crippen LogP contribution is 2.31. The summed E-state index contributed by atoms with van der Waals surface area (Å²) in [6, 6.07) is 17.1. The summed E-state index contributed by atoms with van der Waals surface area (Å²) in [6.07, 6.45) is 0.952. The molecule has 4 aromatic rings. The van der Waals surface area contributed by atoms with E-state index in [1.54, 1.807) is 45.0 Å². The molecule has 0 spiro atoms. The summed E-state index contributed by atoms with van der Waals surface area (Å²) in [4.78, 5) is 20.5. The van der Waals surface area contributed by atoms with E-state index < -0.39 is 11.7 Å². The first-order valence-electron chi connectivity index (χ1n) is 11.8. The molecule has 0 aliphatic rings. The van der Waals surface area contributed by atoms with Crippen LogP contribution in [0.2, 0.25) is 5.02 Å². The fourth-order valence-electron chi connectivity index (χ4n) is 3.43. The molecule has 0 radical (unpaired) electrons. The van der Waals surface area contributed by atoms with E-state index in [2.05, 4.69) is 32.4 Å². The normalized spacial score (nSPS) is 10.9. The second kappa shape index (κ2) is 11.8. The molecule has 9 heteroatoms. The van der Waals surface area contributed by atoms with Gasteiger partial charge in [-0.05, 0) is 74.9 Å². The van der Waals surface area contributed by atoms with Crippen LogP contribution in [0.5, 0.6) is 5.75 Å². The van der Waals surface area contributed by atoms with E-state index in [1.807, 2.05) is 24.3 Å². The van der Waals surface area contributed by atoms with Crippen LogP contribution in [0.4, 0.5) is 20.7 Å². The van der Waals surface area contributed by atoms with Crippen molar-refractivity contribution in [1.29, 1.82) is 0 Å². The number of rotatable bonds is 6. The van der Waals surface area contributed by atoms with Gasteiger partial charge in [0.25, 0.3) is 0 Å². The standard InChI is InChI=1S/C29H26ClFN4O3/c1-29(2,3)38-28(36)32-13-5-7-19-9-11-25-23(15-19)27(34-18-33-25)35-22-10-12-26(24(30)16-22)37-17-20-6-4-8-21(31)14-20/h4,6,8-12,14-16,18H,13,17H2,1-3H3,(H,32,36)(H,33,34,35). The topological polar surface area (TPSA) is 85.4 Å². The SMILES string of the molecule is CC(C)(C)OC(=O)NCC#Cc1ccc2ncnc(Nc3ccc(OCc4cccc(F)c4)c(Cl)c3)c2c1. The number of nitrogens with zero attached hydrogens (tertiary/aromatic N) is 2. The first-order valence-corrected chi connectivity index (χ1v) is 12.2. The average Bonchev–Trinajstić information content (AvgIpc) is 2.85. The lowest BCUT2D eigenvalue weighted by Crippen LogP contribution is -2.32. The molecule has 0 saturated carbocycles. The van der Waals surface area contributed by atoms with Crippen molar-refractivity contribution in [3.63, 3.8) is 0 Å². The smallest absolute Gasteiger partial charge is 0.408 e. The van der Waals surface area contributed by atoms with Crippen LogP contribution in [0.1, 0.15) is 31.9 Å². The van der Waals surface area contributed by atoms with Crippen LogP contribution in [0.15, 0.2) is 67.0 Å². The molecule has 0 unspecified atom stereocenters. The molecule has 0 aliphatic carbocycles. The number of halogens is 2. The summed E-state index contributed by atoms with van der Waals surface area (Å²) in [5.41, 5.74) is 2.31. The molecule has 0 aliphatic heterocycles. The van der Waals surface area contributed by atoms with Crippen LogP contribution >= 0.6 is 11.6 Å². The minimum Gasteiger partial charge on any atom is -0.487 e. The van der Waals surface area contributed by atoms with Gasteiger partial charge in [0.1, 0.15) is 35.9 Å². The number of aromatic nitrogens is 2. The molecule has 0 saturated heterocycles. The Bertz CT molecular complexity index is 1530. The quantitative estimate of drug-likeness (QED) is 0.271. The Morgan fingerprint density at radius 3 is 2.68 bits per heavy atom. The zero-order valence-electron chi connectivity index (χ0n) is 21.1. The average molecular weight is 533 g/mol. The molecule has 1 aromatic heterocycles. The van der Waals surface area contributed by atoms with Gasteiger partial charge in [0, 0.05) is 16.6 Å². The van der Waals surface area contributed by atoms with Gasteiger partial charge >= 0.3 is 6.09 Å². The van der Waals surface area contributed by atoms with Crippen molar-refractivity contribution in [3.05, 3.63) is 89.0 Å². The van der Waals surface area contributed by atoms with Crippen LogP contribution in [-0.2, 0) is 11.3 Å². The fraction of sp³-hybridized carbons (Fsp3) is 0.207. The summed E-state index contributed by atoms with van der Waals surface area (Å²) in [7, 11) is 0. The van der Waals surface area contributed by atoms with Crippen LogP contribution in [0.25, 0.3) is 10.9 Å². The molecular weight excluding hydrogens is 507 g/mol. The molecule has 1 amide bonds. The number of anilines is 2. The number of carbonyl (C=O) groups is 1. The summed E-state index contributed by atoms with van der Waals surface area (Å²) >= 11 is 6.44. The number of carbonyl (C=O) groups excluding carboxylic acids is 1. The van der Waals surface area contributed by atoms with Crippen molar-refractivity contribution < 1.29 is 18.7 Å². The molecular formula is C29H26ClFN4O3. The predicted octanol–water partition coefficient (Wildman–Crippen LogP) is 6.62. The van der Waals surface area contributed by atoms with E-state index in [1.165, 1.54) is 18.5 Å². The Labute approximate surface area is 225 Å². The van der Waals surface area contributed by atoms with E-state index in [0.717, 1.165) is 16.5 Å². The summed E-state index contributed by atoms with van der Waals surface area (Å²) in [5, 5.41) is 7.04. The van der Waals surface area contributed by atoms with Crippen molar-refractivity contribution in [3.8, 4) is 17.6 Å². The van der Waals surface area contributed by atoms with Gasteiger partial charge in [-0.15, -0.1) is 0 Å². The van der Waals surface area contributed by atoms with Crippen LogP contribution in [-0.4, -0.2) is 28.2 Å². The molecule has 0 bridgehead atoms. The minimum atomic E-state index is -0.570. The molecule has 1 heterocycles. The Balaban J connectivity index is 1.44. The molecule has 0 fully saturated rings. The maximum atomic E-state index is 13.4. The van der Waals surface area contributed by atoms with Gasteiger partial charge < -0.3 is 20.1 Å². The van der Waals surface area contributed by atoms with Crippen molar-refractivity contribution in [1.82, 2.24) is 15.3 Å². The lowest BCUT2D eigenvalue weighted by molar-refractivity contribution is 0.0535. The Hall–Kier alpha value is -4.35. The lowest BCUT2D eigenvalue weighted by atomic mass is 10.1. The zero-order chi connectivity index (χ0) is 27.1. The van der Waals surface area contributed by atoms with E-state index in [4.69, 9.17) is 21.1 Å². The summed E-state index contributed by atoms with van der Waals surface area (Å²) < 4.78 is 24.3. The number of nitrogens with one attached hydrogen (secondary N) is 2. The molecule has 3 aromatic carbocycles. The highest BCUT2D eigenvalue weighted by Gasteiger charge is 2.15. The Morgan fingerprint density at radius 1 is 1.08 bits per heavy atom. The highest BCUT2D eigenvalue weighted by atomic mass is 35.5. The first-order chi connectivity index (χ1) is 18.2. The molecule has 38 heavy (non-hydrogen) atoms. The van der Waals surface area contributed by atoms with E-state index in [9.17, 15) is 9.18 Å². The zero-order valence-corrected chi connectivity index (χ0v) is 21.9. The van der Waals surface area contributed by atoms with Gasteiger partial charge in [0.15, 0.2) is 0 Å². The third-order valence-corrected chi connectivity index (χ3v) is 5.36. The van der Waals surface area contributed by atoms with Gasteiger partial charge in [0.2, 0.25) is 0 Å². The van der Waals surface area contributed by atoms with Gasteiger partial charge in [-0.3, -0.25) is 0 Å². The van der Waals surface area contributed by atoms with Crippen LogP contribution in [0, 0.1) is 17.7 Å². The fourth-order valence-corrected chi connectivity index (χ4v) is 3.67. The number of alkyl carbamates (subject to hydrolysis) is 1. The maximum absolute atomic E-state index is 13.4. The maximum Gasteiger partial charge on any atom is 0.408 e. The Morgan fingerprint density at radius 2 is 1.92 bits per heavy atom. The van der Waals surface area contributed by atoms with Crippen molar-refractivity contribution in [2.75, 3.05) is 11.9 Å². The Kier molecular flexibility index (Phi) is 8.29. The molecule has 2 N–H and O–H groups in total. The third-order valence-electron chi connectivity index (χ3n) is 5.07. The second-order valence-electron chi connectivity index (χ2n) is 9.30. The van der Waals surface area contributed by atoms with Crippen molar-refractivity contribution in [2.24, 2.45) is 0 Å². The van der Waals surface area contributed by atoms with Gasteiger partial charge in [0.05, 0.1) is 17.1 Å². The molecule has 0 atom stereocenters. The predicted molar refractivity (Wildman–Crippen MR) is 146 cm³/mol. The minimum absolute atomic E-state index is 0.148. The number of fused-ring (bicyclic) bond motifs is 1. The van der Waals surface area contributed by atoms with Gasteiger partial charge in [-0.1, -0.05) is 35.6 Å². The number of hydrogen-bond donors (Lipinski definition) is 2. The van der Waals surface area contributed by atoms with Crippen molar-refractivity contribution >= 4 is 40.1 Å². The van der Waals surface area contributed by atoms with Crippen LogP contribution < -0.4 is 15.4 Å². The van der Waals surface area contributed by atoms with Gasteiger partial charge in [-0.25, -0.2) is 19.2 Å². The second-order valence-corrected chi connectivity index (χ2v) is 9.71.